The number of H-pyrrole nitrogens is 1. The average Bonchev–Trinajstić information content (AvgIpc) is 3.27. The van der Waals surface area contributed by atoms with Crippen molar-refractivity contribution in [3.63, 3.8) is 0 Å². The molecule has 0 spiro atoms. The lowest BCUT2D eigenvalue weighted by molar-refractivity contribution is -0.154. The zero-order chi connectivity index (χ0) is 23.8. The number of carboxylic acids is 1. The van der Waals surface area contributed by atoms with Gasteiger partial charge in [-0.2, -0.15) is 0 Å². The molecule has 6 heteroatoms. The molecule has 6 atom stereocenters. The number of aromatic amines is 1. The van der Waals surface area contributed by atoms with E-state index < -0.39 is 5.97 Å². The van der Waals surface area contributed by atoms with Crippen LogP contribution < -0.4 is 5.30 Å². The first-order valence-electron chi connectivity index (χ1n) is 12.4. The van der Waals surface area contributed by atoms with Crippen LogP contribution in [0.5, 0.6) is 0 Å². The van der Waals surface area contributed by atoms with Crippen LogP contribution in [0.3, 0.4) is 0 Å². The van der Waals surface area contributed by atoms with Gasteiger partial charge in [-0.3, -0.25) is 9.59 Å². The Morgan fingerprint density at radius 1 is 1.12 bits per heavy atom. The van der Waals surface area contributed by atoms with Crippen LogP contribution in [0.1, 0.15) is 56.1 Å². The van der Waals surface area contributed by atoms with Gasteiger partial charge in [0, 0.05) is 42.0 Å². The van der Waals surface area contributed by atoms with Crippen molar-refractivity contribution in [2.45, 2.75) is 51.0 Å². The largest absolute Gasteiger partial charge is 0.481 e. The van der Waals surface area contributed by atoms with Gasteiger partial charge in [-0.05, 0) is 60.0 Å². The van der Waals surface area contributed by atoms with E-state index in [1.807, 2.05) is 35.4 Å². The van der Waals surface area contributed by atoms with E-state index in [0.29, 0.717) is 25.3 Å². The van der Waals surface area contributed by atoms with Crippen LogP contribution in [0.25, 0.3) is 10.9 Å². The Balaban J connectivity index is 1.47. The standard InChI is InChI=1S/C28H33N2O3P/c1-17-10-11-24-21(14-17)19(28(32)33)12-13-30(24)26(31)15-20(18-6-3-2-4-7-18)22-16-29-23-8-5-9-25(34)27(22)23/h2-9,16-17,19-21,24,29H,10-15,34H2,1H3,(H,32,33). The summed E-state index contributed by atoms with van der Waals surface area (Å²) in [5.41, 5.74) is 3.33. The van der Waals surface area contributed by atoms with E-state index in [1.54, 1.807) is 0 Å². The summed E-state index contributed by atoms with van der Waals surface area (Å²) in [6.07, 6.45) is 5.83. The maximum atomic E-state index is 13.9. The predicted octanol–water partition coefficient (Wildman–Crippen LogP) is 4.93. The second-order valence-corrected chi connectivity index (χ2v) is 10.8. The molecule has 1 saturated heterocycles. The number of carbonyl (C=O) groups is 2. The van der Waals surface area contributed by atoms with Gasteiger partial charge in [0.05, 0.1) is 5.92 Å². The molecule has 1 saturated carbocycles. The van der Waals surface area contributed by atoms with Crippen LogP contribution in [-0.4, -0.2) is 39.5 Å². The van der Waals surface area contributed by atoms with Gasteiger partial charge in [-0.15, -0.1) is 9.24 Å². The van der Waals surface area contributed by atoms with Crippen molar-refractivity contribution in [3.05, 3.63) is 65.9 Å². The number of likely N-dealkylation sites (tertiary alicyclic amines) is 1. The number of aromatic nitrogens is 1. The Hall–Kier alpha value is -2.65. The lowest BCUT2D eigenvalue weighted by Gasteiger charge is -2.48. The van der Waals surface area contributed by atoms with Crippen LogP contribution >= 0.6 is 9.24 Å². The summed E-state index contributed by atoms with van der Waals surface area (Å²) >= 11 is 0. The number of hydrogen-bond donors (Lipinski definition) is 2. The molecule has 178 valence electrons. The van der Waals surface area contributed by atoms with E-state index in [9.17, 15) is 14.7 Å². The quantitative estimate of drug-likeness (QED) is 0.513. The lowest BCUT2D eigenvalue weighted by atomic mass is 9.68. The van der Waals surface area contributed by atoms with Crippen LogP contribution in [0, 0.1) is 17.8 Å². The molecular formula is C28H33N2O3P. The lowest BCUT2D eigenvalue weighted by Crippen LogP contribution is -2.55. The molecular weight excluding hydrogens is 443 g/mol. The summed E-state index contributed by atoms with van der Waals surface area (Å²) in [5, 5.41) is 12.1. The van der Waals surface area contributed by atoms with Gasteiger partial charge in [-0.1, -0.05) is 49.4 Å². The van der Waals surface area contributed by atoms with Crippen molar-refractivity contribution in [3.8, 4) is 0 Å². The van der Waals surface area contributed by atoms with Gasteiger partial charge >= 0.3 is 5.97 Å². The molecule has 1 amide bonds. The van der Waals surface area contributed by atoms with E-state index in [0.717, 1.165) is 46.6 Å². The summed E-state index contributed by atoms with van der Waals surface area (Å²) in [7, 11) is 2.83. The first kappa shape index (κ1) is 23.1. The Labute approximate surface area is 203 Å². The summed E-state index contributed by atoms with van der Waals surface area (Å²) < 4.78 is 0. The van der Waals surface area contributed by atoms with Crippen molar-refractivity contribution in [2.75, 3.05) is 6.54 Å². The third kappa shape index (κ3) is 4.27. The minimum absolute atomic E-state index is 0.0373. The van der Waals surface area contributed by atoms with Crippen LogP contribution in [0.15, 0.2) is 54.7 Å². The third-order valence-corrected chi connectivity index (χ3v) is 8.57. The minimum atomic E-state index is -0.704. The summed E-state index contributed by atoms with van der Waals surface area (Å²) in [4.78, 5) is 31.3. The van der Waals surface area contributed by atoms with Crippen molar-refractivity contribution in [1.82, 2.24) is 9.88 Å². The number of amides is 1. The number of rotatable bonds is 5. The van der Waals surface area contributed by atoms with Crippen LogP contribution in [-0.2, 0) is 9.59 Å². The number of carbonyl (C=O) groups excluding carboxylic acids is 1. The van der Waals surface area contributed by atoms with Gasteiger partial charge in [0.25, 0.3) is 0 Å². The van der Waals surface area contributed by atoms with Crippen molar-refractivity contribution < 1.29 is 14.7 Å². The smallest absolute Gasteiger partial charge is 0.306 e. The Morgan fingerprint density at radius 3 is 2.68 bits per heavy atom. The van der Waals surface area contributed by atoms with Crippen molar-refractivity contribution >= 4 is 37.3 Å². The zero-order valence-corrected chi connectivity index (χ0v) is 20.8. The fraction of sp³-hybridized carbons (Fsp3) is 0.429. The highest BCUT2D eigenvalue weighted by Gasteiger charge is 2.45. The first-order valence-corrected chi connectivity index (χ1v) is 12.9. The SMILES string of the molecule is CC1CCC2C(C1)C(C(=O)O)CCN2C(=O)CC(c1ccccc1)c1c[nH]c2cccc(P)c12. The number of nitrogens with zero attached hydrogens (tertiary/aromatic N) is 1. The molecule has 2 aliphatic rings. The molecule has 2 N–H and O–H groups in total. The Kier molecular flexibility index (Phi) is 6.48. The monoisotopic (exact) mass is 476 g/mol. The molecule has 2 heterocycles. The van der Waals surface area contributed by atoms with Gasteiger partial charge in [0.1, 0.15) is 0 Å². The predicted molar refractivity (Wildman–Crippen MR) is 138 cm³/mol. The van der Waals surface area contributed by atoms with Gasteiger partial charge in [0.15, 0.2) is 0 Å². The molecule has 2 fully saturated rings. The highest BCUT2D eigenvalue weighted by molar-refractivity contribution is 7.28. The fourth-order valence-electron chi connectivity index (χ4n) is 6.40. The van der Waals surface area contributed by atoms with Gasteiger partial charge in [0.2, 0.25) is 5.91 Å². The zero-order valence-electron chi connectivity index (χ0n) is 19.6. The van der Waals surface area contributed by atoms with Crippen LogP contribution in [0.4, 0.5) is 0 Å². The number of benzene rings is 2. The molecule has 0 radical (unpaired) electrons. The summed E-state index contributed by atoms with van der Waals surface area (Å²) in [5.74, 6) is -0.400. The average molecular weight is 477 g/mol. The molecule has 6 unspecified atom stereocenters. The molecule has 5 nitrogen and oxygen atoms in total. The second-order valence-electron chi connectivity index (χ2n) is 10.2. The van der Waals surface area contributed by atoms with Crippen molar-refractivity contribution in [2.24, 2.45) is 17.8 Å². The highest BCUT2D eigenvalue weighted by atomic mass is 31.0. The molecule has 2 aromatic carbocycles. The molecule has 3 aromatic rings. The Bertz CT molecular complexity index is 1190. The summed E-state index contributed by atoms with van der Waals surface area (Å²) in [6.45, 7) is 2.74. The number of fused-ring (bicyclic) bond motifs is 2. The molecule has 34 heavy (non-hydrogen) atoms. The molecule has 1 aromatic heterocycles. The number of nitrogens with one attached hydrogen (secondary N) is 1. The van der Waals surface area contributed by atoms with Gasteiger partial charge < -0.3 is 15.0 Å². The third-order valence-electron chi connectivity index (χ3n) is 8.08. The normalized spacial score (nSPS) is 25.6. The highest BCUT2D eigenvalue weighted by Crippen LogP contribution is 2.42. The van der Waals surface area contributed by atoms with E-state index in [4.69, 9.17) is 0 Å². The number of carboxylic acid groups (broad SMARTS) is 1. The maximum Gasteiger partial charge on any atom is 0.306 e. The van der Waals surface area contributed by atoms with E-state index in [1.165, 1.54) is 0 Å². The number of aliphatic carboxylic acids is 1. The van der Waals surface area contributed by atoms with E-state index in [-0.39, 0.29) is 29.7 Å². The van der Waals surface area contributed by atoms with Crippen LogP contribution in [0.2, 0.25) is 0 Å². The first-order chi connectivity index (χ1) is 16.4. The minimum Gasteiger partial charge on any atom is -0.481 e. The molecule has 5 rings (SSSR count). The van der Waals surface area contributed by atoms with E-state index in [2.05, 4.69) is 45.4 Å². The maximum absolute atomic E-state index is 13.9. The van der Waals surface area contributed by atoms with Crippen molar-refractivity contribution in [1.29, 1.82) is 0 Å². The molecule has 1 aliphatic carbocycles. The molecule has 0 bridgehead atoms. The topological polar surface area (TPSA) is 73.4 Å². The van der Waals surface area contributed by atoms with Gasteiger partial charge in [-0.25, -0.2) is 0 Å². The second kappa shape index (κ2) is 9.54. The summed E-state index contributed by atoms with van der Waals surface area (Å²) in [6, 6.07) is 16.5. The number of piperidine rings is 1. The Morgan fingerprint density at radius 2 is 1.91 bits per heavy atom. The number of hydrogen-bond acceptors (Lipinski definition) is 2. The molecule has 1 aliphatic heterocycles. The van der Waals surface area contributed by atoms with E-state index >= 15 is 0 Å². The fourth-order valence-corrected chi connectivity index (χ4v) is 6.84.